The van der Waals surface area contributed by atoms with Crippen LogP contribution < -0.4 is 5.32 Å². The van der Waals surface area contributed by atoms with Gasteiger partial charge in [-0.05, 0) is 62.8 Å². The van der Waals surface area contributed by atoms with E-state index >= 15 is 0 Å². The molecule has 0 amide bonds. The van der Waals surface area contributed by atoms with Gasteiger partial charge in [0.1, 0.15) is 5.82 Å². The number of allylic oxidation sites excluding steroid dienone is 9. The molecule has 1 saturated heterocycles. The van der Waals surface area contributed by atoms with Gasteiger partial charge in [0.2, 0.25) is 0 Å². The quantitative estimate of drug-likeness (QED) is 0.274. The molecule has 0 spiro atoms. The number of likely N-dealkylation sites (N-methyl/N-ethyl adjacent to an activating group) is 1. The number of piperidine rings is 1. The Bertz CT molecular complexity index is 1080. The largest absolute Gasteiger partial charge is 0.434 e. The Kier molecular flexibility index (Phi) is 10.6. The van der Waals surface area contributed by atoms with Gasteiger partial charge in [0.25, 0.3) is 0 Å². The van der Waals surface area contributed by atoms with Crippen molar-refractivity contribution in [3.63, 3.8) is 0 Å². The van der Waals surface area contributed by atoms with Crippen LogP contribution in [0.5, 0.6) is 0 Å². The lowest BCUT2D eigenvalue weighted by atomic mass is 9.92. The molecule has 37 heavy (non-hydrogen) atoms. The summed E-state index contributed by atoms with van der Waals surface area (Å²) in [5.74, 6) is -0.0202. The lowest BCUT2D eigenvalue weighted by molar-refractivity contribution is -0.141. The number of aromatic nitrogens is 2. The predicted molar refractivity (Wildman–Crippen MR) is 135 cm³/mol. The van der Waals surface area contributed by atoms with Gasteiger partial charge in [0, 0.05) is 19.3 Å². The van der Waals surface area contributed by atoms with Crippen molar-refractivity contribution in [2.24, 2.45) is 0 Å². The van der Waals surface area contributed by atoms with Crippen LogP contribution in [-0.4, -0.2) is 40.7 Å². The summed E-state index contributed by atoms with van der Waals surface area (Å²) in [5.41, 5.74) is 0.841. The van der Waals surface area contributed by atoms with Gasteiger partial charge in [-0.15, -0.1) is 0 Å². The molecule has 2 rings (SSSR count). The molecule has 2 heterocycles. The number of halogens is 6. The first kappa shape index (κ1) is 30.2. The predicted octanol–water partition coefficient (Wildman–Crippen LogP) is 8.01. The monoisotopic (exact) mass is 528 g/mol. The maximum Gasteiger partial charge on any atom is 0.434 e. The van der Waals surface area contributed by atoms with E-state index in [0.717, 1.165) is 29.8 Å². The molecule has 4 nitrogen and oxygen atoms in total. The van der Waals surface area contributed by atoms with Crippen molar-refractivity contribution < 1.29 is 26.3 Å². The van der Waals surface area contributed by atoms with Crippen molar-refractivity contribution in [2.75, 3.05) is 18.9 Å². The van der Waals surface area contributed by atoms with E-state index in [0.29, 0.717) is 36.7 Å². The number of anilines is 1. The number of nitrogens with one attached hydrogen (secondary N) is 1. The fourth-order valence-corrected chi connectivity index (χ4v) is 4.01. The molecular weight excluding hydrogens is 494 g/mol. The van der Waals surface area contributed by atoms with E-state index < -0.39 is 29.7 Å². The number of nitrogens with zero attached hydrogens (tertiary/aromatic N) is 3. The average molecular weight is 529 g/mol. The molecule has 1 fully saturated rings. The first-order chi connectivity index (χ1) is 17.3. The summed E-state index contributed by atoms with van der Waals surface area (Å²) >= 11 is 0. The molecule has 1 aromatic heterocycles. The average Bonchev–Trinajstić information content (AvgIpc) is 2.82. The Morgan fingerprint density at radius 3 is 2.43 bits per heavy atom. The lowest BCUT2D eigenvalue weighted by Gasteiger charge is -2.36. The van der Waals surface area contributed by atoms with Gasteiger partial charge < -0.3 is 10.2 Å². The van der Waals surface area contributed by atoms with Gasteiger partial charge in [-0.2, -0.15) is 26.3 Å². The zero-order valence-electron chi connectivity index (χ0n) is 21.8. The van der Waals surface area contributed by atoms with E-state index in [1.54, 1.807) is 26.0 Å². The summed E-state index contributed by atoms with van der Waals surface area (Å²) in [7, 11) is 1.85. The molecule has 0 aliphatic carbocycles. The number of hydrogen-bond acceptors (Lipinski definition) is 4. The van der Waals surface area contributed by atoms with Gasteiger partial charge in [0.15, 0.2) is 5.69 Å². The molecule has 0 saturated carbocycles. The Morgan fingerprint density at radius 1 is 1.16 bits per heavy atom. The third kappa shape index (κ3) is 8.50. The summed E-state index contributed by atoms with van der Waals surface area (Å²) in [4.78, 5) is 9.30. The van der Waals surface area contributed by atoms with Crippen molar-refractivity contribution in [1.82, 2.24) is 14.9 Å². The molecule has 204 valence electrons. The Morgan fingerprint density at radius 2 is 1.86 bits per heavy atom. The Hall–Kier alpha value is -3.04. The van der Waals surface area contributed by atoms with Crippen LogP contribution in [0.4, 0.5) is 32.2 Å². The second-order valence-electron chi connectivity index (χ2n) is 8.83. The van der Waals surface area contributed by atoms with Crippen LogP contribution in [0.2, 0.25) is 0 Å². The standard InChI is InChI=1S/C27H34F6N4/c1-6-10-19(14-20(11-7-2)26(28,29)30)21(18(4)8-3)15-23-22(12-9-13-37(23)5)35-25-17-34-16-24(36-25)27(31,32)33/h6,10-11,14-17,22H,7-9,12-13H2,1-5H3,(H,35,36)/b10-6-,19-14+,20-11-,21-18?,23-15-. The lowest BCUT2D eigenvalue weighted by Crippen LogP contribution is -2.38. The van der Waals surface area contributed by atoms with Crippen LogP contribution in [0.1, 0.15) is 59.1 Å². The molecule has 1 N–H and O–H groups in total. The van der Waals surface area contributed by atoms with E-state index in [-0.39, 0.29) is 12.2 Å². The molecule has 10 heteroatoms. The van der Waals surface area contributed by atoms with E-state index in [4.69, 9.17) is 0 Å². The van der Waals surface area contributed by atoms with Crippen LogP contribution in [0.15, 0.2) is 70.8 Å². The highest BCUT2D eigenvalue weighted by atomic mass is 19.4. The first-order valence-corrected chi connectivity index (χ1v) is 12.2. The summed E-state index contributed by atoms with van der Waals surface area (Å²) in [6.07, 6.45) is 2.45. The van der Waals surface area contributed by atoms with Crippen molar-refractivity contribution in [3.05, 3.63) is 76.5 Å². The molecule has 1 aromatic rings. The minimum atomic E-state index is -4.63. The number of likely N-dealkylation sites (tertiary alicyclic amines) is 1. The number of alkyl halides is 6. The fourth-order valence-electron chi connectivity index (χ4n) is 4.01. The Labute approximate surface area is 214 Å². The van der Waals surface area contributed by atoms with Gasteiger partial charge in [0.05, 0.1) is 24.0 Å². The number of rotatable bonds is 8. The van der Waals surface area contributed by atoms with Gasteiger partial charge in [-0.3, -0.25) is 4.98 Å². The van der Waals surface area contributed by atoms with Crippen molar-refractivity contribution in [2.45, 2.75) is 71.8 Å². The summed E-state index contributed by atoms with van der Waals surface area (Å²) in [5, 5.41) is 3.06. The van der Waals surface area contributed by atoms with Gasteiger partial charge in [-0.1, -0.05) is 37.6 Å². The molecule has 0 bridgehead atoms. The van der Waals surface area contributed by atoms with E-state index in [9.17, 15) is 26.3 Å². The number of hydrogen-bond donors (Lipinski definition) is 1. The molecule has 1 atom stereocenters. The summed E-state index contributed by atoms with van der Waals surface area (Å²) in [6, 6.07) is -0.406. The van der Waals surface area contributed by atoms with Crippen molar-refractivity contribution >= 4 is 5.82 Å². The summed E-state index contributed by atoms with van der Waals surface area (Å²) < 4.78 is 80.6. The van der Waals surface area contributed by atoms with Crippen molar-refractivity contribution in [3.8, 4) is 0 Å². The Balaban J connectivity index is 2.61. The normalized spacial score (nSPS) is 20.0. The second-order valence-corrected chi connectivity index (χ2v) is 8.83. The first-order valence-electron chi connectivity index (χ1n) is 12.2. The highest BCUT2D eigenvalue weighted by Crippen LogP contribution is 2.33. The third-order valence-electron chi connectivity index (χ3n) is 6.03. The maximum absolute atomic E-state index is 13.7. The minimum Gasteiger partial charge on any atom is -0.376 e. The molecule has 1 aliphatic heterocycles. The van der Waals surface area contributed by atoms with Crippen LogP contribution in [0, 0.1) is 0 Å². The van der Waals surface area contributed by atoms with Crippen LogP contribution >= 0.6 is 0 Å². The van der Waals surface area contributed by atoms with E-state index in [1.165, 1.54) is 6.20 Å². The molecule has 0 radical (unpaired) electrons. The zero-order chi connectivity index (χ0) is 27.8. The molecule has 1 aliphatic rings. The second kappa shape index (κ2) is 13.0. The highest BCUT2D eigenvalue weighted by Gasteiger charge is 2.34. The van der Waals surface area contributed by atoms with Crippen LogP contribution in [0.25, 0.3) is 0 Å². The molecule has 1 unspecified atom stereocenters. The van der Waals surface area contributed by atoms with E-state index in [2.05, 4.69) is 15.3 Å². The van der Waals surface area contributed by atoms with Crippen LogP contribution in [-0.2, 0) is 6.18 Å². The fraction of sp³-hybridized carbons (Fsp3) is 0.481. The van der Waals surface area contributed by atoms with Gasteiger partial charge >= 0.3 is 12.4 Å². The summed E-state index contributed by atoms with van der Waals surface area (Å²) in [6.45, 7) is 7.87. The van der Waals surface area contributed by atoms with Crippen LogP contribution in [0.3, 0.4) is 0 Å². The smallest absolute Gasteiger partial charge is 0.376 e. The maximum atomic E-state index is 13.7. The third-order valence-corrected chi connectivity index (χ3v) is 6.03. The molecule has 0 aromatic carbocycles. The van der Waals surface area contributed by atoms with E-state index in [1.807, 2.05) is 31.9 Å². The molecular formula is C27H34F6N4. The topological polar surface area (TPSA) is 41.1 Å². The highest BCUT2D eigenvalue weighted by molar-refractivity contribution is 5.54. The minimum absolute atomic E-state index is 0.0202. The SMILES string of the molecule is C\C=C/C(=C\C(=C\CC)C(F)(F)F)C(/C=C1/C(Nc2cncc(C(F)(F)F)n2)CCCN1C)=C(C)CC. The van der Waals surface area contributed by atoms with Crippen molar-refractivity contribution in [1.29, 1.82) is 0 Å². The van der Waals surface area contributed by atoms with Gasteiger partial charge in [-0.25, -0.2) is 4.98 Å². The zero-order valence-corrected chi connectivity index (χ0v) is 21.8.